The maximum atomic E-state index is 11.7. The van der Waals surface area contributed by atoms with Gasteiger partial charge in [-0.15, -0.1) is 0 Å². The van der Waals surface area contributed by atoms with Gasteiger partial charge in [0, 0.05) is 0 Å². The first-order valence-electron chi connectivity index (χ1n) is 15.1. The molecular formula is C30H56I2O4. The first-order chi connectivity index (χ1) is 17.5. The Morgan fingerprint density at radius 1 is 0.472 bits per heavy atom. The summed E-state index contributed by atoms with van der Waals surface area (Å²) in [5.74, 6) is -0.0602. The molecule has 0 radical (unpaired) electrons. The summed E-state index contributed by atoms with van der Waals surface area (Å²) in [6.45, 7) is 5.40. The average molecular weight is 735 g/mol. The standard InChI is InChI=1S/C30H56I2O4/c1-3-23-27(31)29(33)35-25-21-19-17-15-13-11-9-7-5-6-8-10-12-14-16-18-20-22-26-36-30(34)28(32)24-4-2/h27-28H,3-26H2,1-2H3. The third-order valence-electron chi connectivity index (χ3n) is 6.62. The van der Waals surface area contributed by atoms with Crippen LogP contribution in [0.3, 0.4) is 0 Å². The van der Waals surface area contributed by atoms with Gasteiger partial charge in [-0.25, -0.2) is 0 Å². The molecule has 0 spiro atoms. The van der Waals surface area contributed by atoms with E-state index in [0.717, 1.165) is 38.5 Å². The number of rotatable bonds is 27. The lowest BCUT2D eigenvalue weighted by Gasteiger charge is -2.09. The molecule has 0 aliphatic heterocycles. The fraction of sp³-hybridized carbons (Fsp3) is 0.933. The molecule has 0 bridgehead atoms. The zero-order valence-electron chi connectivity index (χ0n) is 23.5. The number of ether oxygens (including phenoxy) is 2. The largest absolute Gasteiger partial charge is 0.465 e. The van der Waals surface area contributed by atoms with Crippen molar-refractivity contribution in [1.82, 2.24) is 0 Å². The first-order valence-corrected chi connectivity index (χ1v) is 17.6. The van der Waals surface area contributed by atoms with Crippen LogP contribution in [0.15, 0.2) is 0 Å². The molecule has 6 heteroatoms. The lowest BCUT2D eigenvalue weighted by molar-refractivity contribution is -0.143. The van der Waals surface area contributed by atoms with E-state index in [2.05, 4.69) is 59.0 Å². The molecule has 0 aliphatic carbocycles. The zero-order valence-corrected chi connectivity index (χ0v) is 27.8. The van der Waals surface area contributed by atoms with Crippen molar-refractivity contribution in [2.45, 2.75) is 163 Å². The van der Waals surface area contributed by atoms with E-state index < -0.39 is 0 Å². The summed E-state index contributed by atoms with van der Waals surface area (Å²) < 4.78 is 10.8. The van der Waals surface area contributed by atoms with Gasteiger partial charge >= 0.3 is 11.9 Å². The van der Waals surface area contributed by atoms with Crippen LogP contribution in [0.5, 0.6) is 0 Å². The van der Waals surface area contributed by atoms with Crippen molar-refractivity contribution in [3.8, 4) is 0 Å². The van der Waals surface area contributed by atoms with Crippen molar-refractivity contribution < 1.29 is 19.1 Å². The van der Waals surface area contributed by atoms with Crippen LogP contribution in [0.25, 0.3) is 0 Å². The molecule has 2 unspecified atom stereocenters. The molecule has 0 rings (SSSR count). The van der Waals surface area contributed by atoms with Crippen LogP contribution in [0.2, 0.25) is 0 Å². The second-order valence-corrected chi connectivity index (χ2v) is 13.2. The van der Waals surface area contributed by atoms with Crippen molar-refractivity contribution >= 4 is 57.1 Å². The van der Waals surface area contributed by atoms with Crippen LogP contribution in [0.4, 0.5) is 0 Å². The number of halogens is 2. The van der Waals surface area contributed by atoms with Gasteiger partial charge in [-0.05, 0) is 25.7 Å². The molecule has 4 nitrogen and oxygen atoms in total. The number of carbonyl (C=O) groups excluding carboxylic acids is 2. The number of hydrogen-bond donors (Lipinski definition) is 0. The summed E-state index contributed by atoms with van der Waals surface area (Å²) in [6.07, 6.45) is 27.3. The van der Waals surface area contributed by atoms with E-state index in [1.807, 2.05) is 0 Å². The van der Waals surface area contributed by atoms with Gasteiger partial charge in [0.25, 0.3) is 0 Å². The normalized spacial score (nSPS) is 12.9. The molecule has 0 aromatic carbocycles. The summed E-state index contributed by atoms with van der Waals surface area (Å²) in [7, 11) is 0. The van der Waals surface area contributed by atoms with E-state index >= 15 is 0 Å². The summed E-state index contributed by atoms with van der Waals surface area (Å²) in [4.78, 5) is 23.5. The van der Waals surface area contributed by atoms with Gasteiger partial charge in [-0.3, -0.25) is 9.59 Å². The molecule has 0 fully saturated rings. The van der Waals surface area contributed by atoms with Crippen LogP contribution in [0, 0.1) is 0 Å². The highest BCUT2D eigenvalue weighted by atomic mass is 127. The predicted molar refractivity (Wildman–Crippen MR) is 170 cm³/mol. The van der Waals surface area contributed by atoms with Crippen LogP contribution >= 0.6 is 45.2 Å². The Hall–Kier alpha value is 0.400. The average Bonchev–Trinajstić information content (AvgIpc) is 2.87. The Balaban J connectivity index is 3.19. The van der Waals surface area contributed by atoms with Gasteiger partial charge in [0.1, 0.15) is 7.85 Å². The Kier molecular flexibility index (Phi) is 28.7. The smallest absolute Gasteiger partial charge is 0.318 e. The van der Waals surface area contributed by atoms with E-state index in [0.29, 0.717) is 13.2 Å². The van der Waals surface area contributed by atoms with Gasteiger partial charge in [0.05, 0.1) is 13.2 Å². The lowest BCUT2D eigenvalue weighted by Crippen LogP contribution is -2.17. The Morgan fingerprint density at radius 3 is 0.917 bits per heavy atom. The van der Waals surface area contributed by atoms with E-state index in [-0.39, 0.29) is 19.8 Å². The quantitative estimate of drug-likeness (QED) is 0.0365. The highest BCUT2D eigenvalue weighted by molar-refractivity contribution is 14.1. The predicted octanol–water partition coefficient (Wildman–Crippen LogP) is 10.3. The second kappa shape index (κ2) is 28.4. The van der Waals surface area contributed by atoms with Gasteiger partial charge in [0.15, 0.2) is 0 Å². The fourth-order valence-electron chi connectivity index (χ4n) is 4.30. The van der Waals surface area contributed by atoms with E-state index in [4.69, 9.17) is 9.47 Å². The van der Waals surface area contributed by atoms with Crippen molar-refractivity contribution in [3.63, 3.8) is 0 Å². The van der Waals surface area contributed by atoms with Gasteiger partial charge in [-0.2, -0.15) is 0 Å². The van der Waals surface area contributed by atoms with Crippen molar-refractivity contribution in [3.05, 3.63) is 0 Å². The Morgan fingerprint density at radius 2 is 0.694 bits per heavy atom. The molecule has 0 heterocycles. The van der Waals surface area contributed by atoms with Gasteiger partial charge in [-0.1, -0.05) is 175 Å². The molecule has 0 N–H and O–H groups in total. The minimum Gasteiger partial charge on any atom is -0.465 e. The maximum absolute atomic E-state index is 11.7. The van der Waals surface area contributed by atoms with Crippen molar-refractivity contribution in [1.29, 1.82) is 0 Å². The molecule has 0 saturated carbocycles. The first kappa shape index (κ1) is 36.4. The molecule has 214 valence electrons. The van der Waals surface area contributed by atoms with Crippen LogP contribution in [0.1, 0.15) is 155 Å². The molecule has 2 atom stereocenters. The highest BCUT2D eigenvalue weighted by Crippen LogP contribution is 2.15. The lowest BCUT2D eigenvalue weighted by atomic mass is 10.0. The van der Waals surface area contributed by atoms with Crippen molar-refractivity contribution in [2.24, 2.45) is 0 Å². The molecule has 0 aliphatic rings. The Bertz CT molecular complexity index is 457. The minimum atomic E-state index is -0.0301. The summed E-state index contributed by atoms with van der Waals surface area (Å²) in [5, 5.41) is 0. The van der Waals surface area contributed by atoms with E-state index in [9.17, 15) is 9.59 Å². The molecular weight excluding hydrogens is 678 g/mol. The maximum Gasteiger partial charge on any atom is 0.318 e. The van der Waals surface area contributed by atoms with Crippen LogP contribution in [-0.2, 0) is 19.1 Å². The third kappa shape index (κ3) is 24.7. The molecule has 36 heavy (non-hydrogen) atoms. The number of carbonyl (C=O) groups is 2. The van der Waals surface area contributed by atoms with E-state index in [1.165, 1.54) is 103 Å². The van der Waals surface area contributed by atoms with Gasteiger partial charge in [0.2, 0.25) is 0 Å². The summed E-state index contributed by atoms with van der Waals surface area (Å²) in [6, 6.07) is 0. The van der Waals surface area contributed by atoms with Crippen LogP contribution in [-0.4, -0.2) is 33.0 Å². The topological polar surface area (TPSA) is 52.6 Å². The van der Waals surface area contributed by atoms with Crippen LogP contribution < -0.4 is 0 Å². The third-order valence-corrected chi connectivity index (χ3v) is 8.89. The van der Waals surface area contributed by atoms with E-state index in [1.54, 1.807) is 0 Å². The molecule has 0 saturated heterocycles. The van der Waals surface area contributed by atoms with Crippen molar-refractivity contribution in [2.75, 3.05) is 13.2 Å². The molecule has 0 aromatic rings. The SMILES string of the molecule is CCCC(I)C(=O)OCCCCCCCCCCCCCCCCCCCCOC(=O)C(I)CCC. The zero-order chi connectivity index (χ0) is 26.7. The number of esters is 2. The second-order valence-electron chi connectivity index (χ2n) is 10.2. The monoisotopic (exact) mass is 734 g/mol. The van der Waals surface area contributed by atoms with Gasteiger partial charge < -0.3 is 9.47 Å². The number of alkyl halides is 2. The molecule has 0 amide bonds. The summed E-state index contributed by atoms with van der Waals surface area (Å²) >= 11 is 4.39. The number of hydrogen-bond acceptors (Lipinski definition) is 4. The Labute approximate surface area is 250 Å². The molecule has 0 aromatic heterocycles. The fourth-order valence-corrected chi connectivity index (χ4v) is 5.91. The highest BCUT2D eigenvalue weighted by Gasteiger charge is 2.15. The number of unbranched alkanes of at least 4 members (excludes halogenated alkanes) is 17. The minimum absolute atomic E-state index is 0.0259. The summed E-state index contributed by atoms with van der Waals surface area (Å²) in [5.41, 5.74) is 0.